The molecule has 0 amide bonds. The van der Waals surface area contributed by atoms with Crippen molar-refractivity contribution in [3.05, 3.63) is 29.3 Å². The number of benzene rings is 1. The van der Waals surface area contributed by atoms with Crippen molar-refractivity contribution in [2.24, 2.45) is 0 Å². The Morgan fingerprint density at radius 1 is 1.09 bits per heavy atom. The second-order valence-electron chi connectivity index (χ2n) is 7.17. The largest absolute Gasteiger partial charge is 1.00 e. The Labute approximate surface area is 156 Å². The molecule has 1 unspecified atom stereocenters. The minimum absolute atomic E-state index is 0. The number of phosphoric ester groups is 1. The standard InChI is InChI=1S/C16H27O4P.Na/c1-8-19-21(17,18)20-14-10-9-12(15(2,3)4)11-13(14)16(5,6)7;/h9-11H,8H2,1-7H3,(H,17,18);/q;+1/p-1. The summed E-state index contributed by atoms with van der Waals surface area (Å²) < 4.78 is 21.6. The van der Waals surface area contributed by atoms with Crippen molar-refractivity contribution in [1.82, 2.24) is 0 Å². The van der Waals surface area contributed by atoms with Crippen LogP contribution >= 0.6 is 7.82 Å². The van der Waals surface area contributed by atoms with Crippen LogP contribution in [0.5, 0.6) is 5.75 Å². The van der Waals surface area contributed by atoms with E-state index in [1.807, 2.05) is 32.9 Å². The Morgan fingerprint density at radius 3 is 2.05 bits per heavy atom. The van der Waals surface area contributed by atoms with Crippen LogP contribution in [-0.2, 0) is 19.9 Å². The molecule has 0 aromatic heterocycles. The van der Waals surface area contributed by atoms with Crippen molar-refractivity contribution in [3.8, 4) is 5.75 Å². The molecule has 1 aromatic carbocycles. The van der Waals surface area contributed by atoms with Crippen LogP contribution in [0.3, 0.4) is 0 Å². The van der Waals surface area contributed by atoms with Gasteiger partial charge in [-0.1, -0.05) is 53.7 Å². The monoisotopic (exact) mass is 336 g/mol. The summed E-state index contributed by atoms with van der Waals surface area (Å²) in [5, 5.41) is 0. The van der Waals surface area contributed by atoms with Crippen LogP contribution in [0.15, 0.2) is 18.2 Å². The van der Waals surface area contributed by atoms with E-state index in [1.54, 1.807) is 13.0 Å². The van der Waals surface area contributed by atoms with Gasteiger partial charge in [0.05, 0.1) is 6.61 Å². The van der Waals surface area contributed by atoms with E-state index in [0.29, 0.717) is 5.75 Å². The van der Waals surface area contributed by atoms with E-state index in [-0.39, 0.29) is 47.0 Å². The van der Waals surface area contributed by atoms with Gasteiger partial charge in [0.2, 0.25) is 0 Å². The Kier molecular flexibility index (Phi) is 7.89. The van der Waals surface area contributed by atoms with Crippen molar-refractivity contribution in [2.75, 3.05) is 6.61 Å². The molecule has 0 N–H and O–H groups in total. The summed E-state index contributed by atoms with van der Waals surface area (Å²) in [4.78, 5) is 11.7. The molecule has 1 rings (SSSR count). The van der Waals surface area contributed by atoms with Crippen LogP contribution in [0, 0.1) is 0 Å². The van der Waals surface area contributed by atoms with Crippen molar-refractivity contribution in [1.29, 1.82) is 0 Å². The van der Waals surface area contributed by atoms with E-state index in [0.717, 1.165) is 11.1 Å². The van der Waals surface area contributed by atoms with Crippen molar-refractivity contribution in [2.45, 2.75) is 59.3 Å². The van der Waals surface area contributed by atoms with Crippen molar-refractivity contribution < 1.29 is 48.1 Å². The predicted octanol–water partition coefficient (Wildman–Crippen LogP) is 1.17. The molecule has 0 aliphatic carbocycles. The third kappa shape index (κ3) is 6.35. The fourth-order valence-electron chi connectivity index (χ4n) is 1.97. The van der Waals surface area contributed by atoms with E-state index in [1.165, 1.54) is 0 Å². The molecule has 1 atom stereocenters. The maximum absolute atomic E-state index is 11.7. The first kappa shape index (κ1) is 22.2. The van der Waals surface area contributed by atoms with Crippen LogP contribution in [0.2, 0.25) is 0 Å². The summed E-state index contributed by atoms with van der Waals surface area (Å²) in [5.41, 5.74) is 1.74. The van der Waals surface area contributed by atoms with E-state index < -0.39 is 7.82 Å². The van der Waals surface area contributed by atoms with Crippen LogP contribution in [-0.4, -0.2) is 6.61 Å². The smallest absolute Gasteiger partial charge is 0.746 e. The molecule has 0 saturated heterocycles. The SMILES string of the molecule is CCOP(=O)([O-])Oc1ccc(C(C)(C)C)cc1C(C)(C)C.[Na+]. The van der Waals surface area contributed by atoms with Gasteiger partial charge in [0.25, 0.3) is 0 Å². The summed E-state index contributed by atoms with van der Waals surface area (Å²) in [6.07, 6.45) is 0. The fourth-order valence-corrected chi connectivity index (χ4v) is 2.74. The molecule has 1 aromatic rings. The Bertz CT molecular complexity index is 544. The first-order valence-corrected chi connectivity index (χ1v) is 8.63. The van der Waals surface area contributed by atoms with E-state index >= 15 is 0 Å². The maximum atomic E-state index is 11.7. The zero-order valence-corrected chi connectivity index (χ0v) is 17.9. The number of hydrogen-bond acceptors (Lipinski definition) is 4. The van der Waals surface area contributed by atoms with E-state index in [2.05, 4.69) is 25.3 Å². The van der Waals surface area contributed by atoms with Gasteiger partial charge in [-0.3, -0.25) is 4.57 Å². The molecule has 120 valence electrons. The molecule has 22 heavy (non-hydrogen) atoms. The molecule has 0 saturated carbocycles. The first-order chi connectivity index (χ1) is 9.37. The molecule has 0 fully saturated rings. The molecule has 0 radical (unpaired) electrons. The number of hydrogen-bond donors (Lipinski definition) is 0. The summed E-state index contributed by atoms with van der Waals surface area (Å²) in [6, 6.07) is 5.63. The molecule has 0 bridgehead atoms. The molecular weight excluding hydrogens is 310 g/mol. The van der Waals surface area contributed by atoms with Crippen molar-refractivity contribution >= 4 is 7.82 Å². The summed E-state index contributed by atoms with van der Waals surface area (Å²) in [7, 11) is -4.32. The maximum Gasteiger partial charge on any atom is 1.00 e. The number of rotatable bonds is 4. The van der Waals surface area contributed by atoms with Gasteiger partial charge >= 0.3 is 37.4 Å². The molecular formula is C16H26NaO4P. The van der Waals surface area contributed by atoms with Crippen molar-refractivity contribution in [3.63, 3.8) is 0 Å². The van der Waals surface area contributed by atoms with E-state index in [4.69, 9.17) is 4.52 Å². The normalized spacial score (nSPS) is 14.9. The van der Waals surface area contributed by atoms with Gasteiger partial charge in [0, 0.05) is 5.56 Å². The average Bonchev–Trinajstić information content (AvgIpc) is 2.25. The van der Waals surface area contributed by atoms with Gasteiger partial charge < -0.3 is 13.9 Å². The minimum Gasteiger partial charge on any atom is -0.746 e. The van der Waals surface area contributed by atoms with E-state index in [9.17, 15) is 9.46 Å². The van der Waals surface area contributed by atoms with Crippen LogP contribution in [0.1, 0.15) is 59.6 Å². The summed E-state index contributed by atoms with van der Waals surface area (Å²) >= 11 is 0. The Balaban J connectivity index is 0.00000441. The zero-order valence-electron chi connectivity index (χ0n) is 15.0. The van der Waals surface area contributed by atoms with Gasteiger partial charge in [-0.25, -0.2) is 0 Å². The fraction of sp³-hybridized carbons (Fsp3) is 0.625. The molecule has 0 spiro atoms. The molecule has 6 heteroatoms. The van der Waals surface area contributed by atoms with Gasteiger partial charge in [-0.05, 0) is 29.4 Å². The second-order valence-corrected chi connectivity index (χ2v) is 8.50. The first-order valence-electron chi connectivity index (χ1n) is 7.17. The summed E-state index contributed by atoms with van der Waals surface area (Å²) in [6.45, 7) is 14.1. The van der Waals surface area contributed by atoms with Gasteiger partial charge in [0.1, 0.15) is 5.75 Å². The second kappa shape index (κ2) is 7.83. The predicted molar refractivity (Wildman–Crippen MR) is 83.7 cm³/mol. The third-order valence-corrected chi connectivity index (χ3v) is 4.15. The van der Waals surface area contributed by atoms with Gasteiger partial charge in [-0.15, -0.1) is 0 Å². The zero-order chi connectivity index (χ0) is 16.5. The minimum atomic E-state index is -4.32. The molecule has 0 aliphatic heterocycles. The quantitative estimate of drug-likeness (QED) is 0.612. The number of phosphoric acid groups is 1. The van der Waals surface area contributed by atoms with Gasteiger partial charge in [-0.2, -0.15) is 0 Å². The van der Waals surface area contributed by atoms with Gasteiger partial charge in [0.15, 0.2) is 0 Å². The Morgan fingerprint density at radius 2 is 1.64 bits per heavy atom. The summed E-state index contributed by atoms with van der Waals surface area (Å²) in [5.74, 6) is 0.335. The molecule has 4 nitrogen and oxygen atoms in total. The molecule has 0 aliphatic rings. The topological polar surface area (TPSA) is 58.6 Å². The third-order valence-electron chi connectivity index (χ3n) is 3.15. The van der Waals surface area contributed by atoms with Crippen LogP contribution < -0.4 is 39.0 Å². The Hall–Kier alpha value is 0.170. The van der Waals surface area contributed by atoms with Crippen LogP contribution in [0.4, 0.5) is 0 Å². The average molecular weight is 336 g/mol. The molecule has 0 heterocycles. The van der Waals surface area contributed by atoms with Crippen LogP contribution in [0.25, 0.3) is 0 Å².